The number of aromatic nitrogens is 3. The molecule has 3 rings (SSSR count). The van der Waals surface area contributed by atoms with Gasteiger partial charge in [0, 0.05) is 5.69 Å². The molecule has 8 heteroatoms. The number of methoxy groups -OCH3 is 1. The molecular formula is C20H21FN4O2S. The average molecular weight is 400 g/mol. The maximum Gasteiger partial charge on any atom is 0.233 e. The zero-order valence-electron chi connectivity index (χ0n) is 15.8. The number of carbonyl (C=O) groups excluding carboxylic acids is 1. The molecule has 28 heavy (non-hydrogen) atoms. The van der Waals surface area contributed by atoms with Crippen LogP contribution in [0.5, 0.6) is 5.75 Å². The Kier molecular flexibility index (Phi) is 6.30. The van der Waals surface area contributed by atoms with Gasteiger partial charge in [-0.2, -0.15) is 0 Å². The SMILES string of the molecule is COc1ccc(-n2cnnc2S[C@@H](C)C(=O)N[C@@H](C)c2ccc(F)cc2)cc1. The number of rotatable bonds is 7. The van der Waals surface area contributed by atoms with Crippen LogP contribution >= 0.6 is 11.8 Å². The number of benzene rings is 2. The fraction of sp³-hybridized carbons (Fsp3) is 0.250. The number of thioether (sulfide) groups is 1. The molecule has 0 aliphatic carbocycles. The number of hydrogen-bond acceptors (Lipinski definition) is 5. The molecule has 0 unspecified atom stereocenters. The zero-order chi connectivity index (χ0) is 20.1. The number of nitrogens with zero attached hydrogens (tertiary/aromatic N) is 3. The van der Waals surface area contributed by atoms with E-state index in [1.165, 1.54) is 23.9 Å². The second-order valence-corrected chi connectivity index (χ2v) is 7.53. The van der Waals surface area contributed by atoms with Crippen LogP contribution < -0.4 is 10.1 Å². The zero-order valence-corrected chi connectivity index (χ0v) is 16.6. The van der Waals surface area contributed by atoms with Crippen molar-refractivity contribution in [3.63, 3.8) is 0 Å². The third-order valence-electron chi connectivity index (χ3n) is 4.25. The van der Waals surface area contributed by atoms with Crippen LogP contribution in [0.15, 0.2) is 60.0 Å². The number of ether oxygens (including phenoxy) is 1. The van der Waals surface area contributed by atoms with Gasteiger partial charge in [0.25, 0.3) is 0 Å². The van der Waals surface area contributed by atoms with E-state index in [0.29, 0.717) is 5.16 Å². The van der Waals surface area contributed by atoms with Gasteiger partial charge in [0.1, 0.15) is 17.9 Å². The van der Waals surface area contributed by atoms with Crippen LogP contribution in [0, 0.1) is 5.82 Å². The molecule has 1 amide bonds. The van der Waals surface area contributed by atoms with E-state index in [-0.39, 0.29) is 23.0 Å². The molecular weight excluding hydrogens is 379 g/mol. The minimum Gasteiger partial charge on any atom is -0.497 e. The Morgan fingerprint density at radius 2 is 1.82 bits per heavy atom. The maximum absolute atomic E-state index is 13.1. The summed E-state index contributed by atoms with van der Waals surface area (Å²) in [5, 5.41) is 11.3. The minimum atomic E-state index is -0.385. The minimum absolute atomic E-state index is 0.133. The number of hydrogen-bond donors (Lipinski definition) is 1. The third kappa shape index (κ3) is 4.69. The molecule has 1 N–H and O–H groups in total. The number of amides is 1. The number of halogens is 1. The van der Waals surface area contributed by atoms with Gasteiger partial charge in [0.15, 0.2) is 5.16 Å². The van der Waals surface area contributed by atoms with Gasteiger partial charge in [-0.25, -0.2) is 4.39 Å². The van der Waals surface area contributed by atoms with Crippen LogP contribution in [0.25, 0.3) is 5.69 Å². The summed E-state index contributed by atoms with van der Waals surface area (Å²) in [4.78, 5) is 12.6. The van der Waals surface area contributed by atoms with Crippen molar-refractivity contribution in [2.75, 3.05) is 7.11 Å². The van der Waals surface area contributed by atoms with Crippen molar-refractivity contribution in [3.8, 4) is 11.4 Å². The first kappa shape index (κ1) is 19.9. The topological polar surface area (TPSA) is 69.0 Å². The molecule has 146 valence electrons. The molecule has 0 saturated carbocycles. The lowest BCUT2D eigenvalue weighted by molar-refractivity contribution is -0.120. The van der Waals surface area contributed by atoms with Gasteiger partial charge < -0.3 is 10.1 Å². The second kappa shape index (κ2) is 8.88. The number of nitrogens with one attached hydrogen (secondary N) is 1. The van der Waals surface area contributed by atoms with Crippen molar-refractivity contribution < 1.29 is 13.9 Å². The first-order valence-electron chi connectivity index (χ1n) is 8.75. The van der Waals surface area contributed by atoms with Crippen molar-refractivity contribution in [2.45, 2.75) is 30.3 Å². The third-order valence-corrected chi connectivity index (χ3v) is 5.30. The first-order valence-corrected chi connectivity index (χ1v) is 9.63. The smallest absolute Gasteiger partial charge is 0.233 e. The van der Waals surface area contributed by atoms with E-state index in [0.717, 1.165) is 17.0 Å². The van der Waals surface area contributed by atoms with Gasteiger partial charge in [-0.3, -0.25) is 9.36 Å². The molecule has 0 spiro atoms. The van der Waals surface area contributed by atoms with Crippen molar-refractivity contribution in [1.82, 2.24) is 20.1 Å². The second-order valence-electron chi connectivity index (χ2n) is 6.22. The lowest BCUT2D eigenvalue weighted by Crippen LogP contribution is -2.33. The van der Waals surface area contributed by atoms with Crippen LogP contribution in [-0.2, 0) is 4.79 Å². The van der Waals surface area contributed by atoms with E-state index in [2.05, 4.69) is 15.5 Å². The van der Waals surface area contributed by atoms with E-state index in [4.69, 9.17) is 4.74 Å². The molecule has 1 aromatic heterocycles. The molecule has 2 atom stereocenters. The van der Waals surface area contributed by atoms with Crippen molar-refractivity contribution in [3.05, 3.63) is 66.2 Å². The molecule has 0 aliphatic rings. The van der Waals surface area contributed by atoms with Crippen molar-refractivity contribution >= 4 is 17.7 Å². The Morgan fingerprint density at radius 1 is 1.14 bits per heavy atom. The summed E-state index contributed by atoms with van der Waals surface area (Å²) in [7, 11) is 1.61. The Bertz CT molecular complexity index is 928. The lowest BCUT2D eigenvalue weighted by Gasteiger charge is -2.17. The monoisotopic (exact) mass is 400 g/mol. The first-order chi connectivity index (χ1) is 13.5. The highest BCUT2D eigenvalue weighted by atomic mass is 32.2. The highest BCUT2D eigenvalue weighted by molar-refractivity contribution is 8.00. The van der Waals surface area contributed by atoms with Gasteiger partial charge in [-0.05, 0) is 55.8 Å². The quantitative estimate of drug-likeness (QED) is 0.612. The van der Waals surface area contributed by atoms with E-state index in [1.807, 2.05) is 42.7 Å². The molecule has 0 radical (unpaired) electrons. The van der Waals surface area contributed by atoms with Gasteiger partial charge in [-0.15, -0.1) is 10.2 Å². The Morgan fingerprint density at radius 3 is 2.46 bits per heavy atom. The van der Waals surface area contributed by atoms with Crippen LogP contribution in [0.4, 0.5) is 4.39 Å². The van der Waals surface area contributed by atoms with Crippen LogP contribution in [0.3, 0.4) is 0 Å². The summed E-state index contributed by atoms with van der Waals surface area (Å²) in [5.41, 5.74) is 1.72. The van der Waals surface area contributed by atoms with Crippen LogP contribution in [0.1, 0.15) is 25.5 Å². The Balaban J connectivity index is 1.65. The Hall–Kier alpha value is -2.87. The average Bonchev–Trinajstić information content (AvgIpc) is 3.16. The van der Waals surface area contributed by atoms with Crippen LogP contribution in [-0.4, -0.2) is 33.0 Å². The maximum atomic E-state index is 13.1. The standard InChI is InChI=1S/C20H21FN4O2S/c1-13(15-4-6-16(21)7-5-15)23-19(26)14(2)28-20-24-22-12-25(20)17-8-10-18(27-3)11-9-17/h4-14H,1-3H3,(H,23,26)/t13-,14-/m0/s1. The van der Waals surface area contributed by atoms with Gasteiger partial charge in [-0.1, -0.05) is 23.9 Å². The molecule has 1 heterocycles. The molecule has 0 aliphatic heterocycles. The Labute approximate surface area is 167 Å². The van der Waals surface area contributed by atoms with Crippen LogP contribution in [0.2, 0.25) is 0 Å². The van der Waals surface area contributed by atoms with E-state index < -0.39 is 0 Å². The fourth-order valence-electron chi connectivity index (χ4n) is 2.60. The van der Waals surface area contributed by atoms with Gasteiger partial charge in [0.05, 0.1) is 18.4 Å². The van der Waals surface area contributed by atoms with Crippen molar-refractivity contribution in [2.24, 2.45) is 0 Å². The summed E-state index contributed by atoms with van der Waals surface area (Å²) in [6, 6.07) is 13.4. The predicted octanol–water partition coefficient (Wildman–Crippen LogP) is 3.77. The normalized spacial score (nSPS) is 13.0. The molecule has 3 aromatic rings. The van der Waals surface area contributed by atoms with Gasteiger partial charge >= 0.3 is 0 Å². The summed E-state index contributed by atoms with van der Waals surface area (Å²) in [6.07, 6.45) is 1.61. The molecule has 0 bridgehead atoms. The lowest BCUT2D eigenvalue weighted by atomic mass is 10.1. The molecule has 2 aromatic carbocycles. The van der Waals surface area contributed by atoms with Gasteiger partial charge in [0.2, 0.25) is 5.91 Å². The van der Waals surface area contributed by atoms with Crippen molar-refractivity contribution in [1.29, 1.82) is 0 Å². The molecule has 0 fully saturated rings. The summed E-state index contributed by atoms with van der Waals surface area (Å²) in [5.74, 6) is 0.323. The predicted molar refractivity (Wildman–Crippen MR) is 106 cm³/mol. The number of carbonyl (C=O) groups is 1. The molecule has 0 saturated heterocycles. The highest BCUT2D eigenvalue weighted by Gasteiger charge is 2.20. The summed E-state index contributed by atoms with van der Waals surface area (Å²) in [6.45, 7) is 3.67. The highest BCUT2D eigenvalue weighted by Crippen LogP contribution is 2.25. The fourth-order valence-corrected chi connectivity index (χ4v) is 3.45. The van der Waals surface area contributed by atoms with E-state index in [9.17, 15) is 9.18 Å². The van der Waals surface area contributed by atoms with E-state index >= 15 is 0 Å². The summed E-state index contributed by atoms with van der Waals surface area (Å²) < 4.78 is 20.0. The van der Waals surface area contributed by atoms with E-state index in [1.54, 1.807) is 25.6 Å². The largest absolute Gasteiger partial charge is 0.497 e. The summed E-state index contributed by atoms with van der Waals surface area (Å²) >= 11 is 1.32. The molecule has 6 nitrogen and oxygen atoms in total.